The molecular formula is C36H25N3O9. The number of carbonyl (C=O) groups excluding carboxylic acids is 1. The molecule has 0 saturated heterocycles. The summed E-state index contributed by atoms with van der Waals surface area (Å²) in [5, 5.41) is 37.5. The van der Waals surface area contributed by atoms with Crippen LogP contribution in [0.2, 0.25) is 0 Å². The standard InChI is InChI=1S/C36H25N3O9/c1-39(22-9-7-21(8-10-22)37-38-30-5-3-2-4-26(30)34(43)44)19-46-24-12-15-28-32(18-24)47-31-17-23(40)11-14-27(31)36(28)29-16-20(33(41)42)6-13-25(29)35(45)48-36/h2-18,40H,19H2,1H3,(H,41,42)(H,43,44)/b38-37+. The number of carboxylic acid groups (broad SMARTS) is 2. The number of aromatic carboxylic acids is 2. The number of rotatable bonds is 8. The van der Waals surface area contributed by atoms with Crippen LogP contribution in [-0.4, -0.2) is 47.0 Å². The van der Waals surface area contributed by atoms with E-state index in [2.05, 4.69) is 10.2 Å². The average Bonchev–Trinajstić information content (AvgIpc) is 3.37. The second-order valence-electron chi connectivity index (χ2n) is 11.1. The molecule has 2 aliphatic rings. The van der Waals surface area contributed by atoms with Gasteiger partial charge in [0, 0.05) is 41.6 Å². The molecule has 0 aliphatic carbocycles. The predicted molar refractivity (Wildman–Crippen MR) is 171 cm³/mol. The van der Waals surface area contributed by atoms with Gasteiger partial charge in [-0.25, -0.2) is 14.4 Å². The highest BCUT2D eigenvalue weighted by molar-refractivity contribution is 5.99. The molecule has 0 aromatic heterocycles. The number of phenols is 1. The largest absolute Gasteiger partial charge is 0.508 e. The fourth-order valence-corrected chi connectivity index (χ4v) is 5.79. The first-order valence-electron chi connectivity index (χ1n) is 14.6. The highest BCUT2D eigenvalue weighted by Crippen LogP contribution is 2.57. The van der Waals surface area contributed by atoms with Crippen molar-refractivity contribution in [3.63, 3.8) is 0 Å². The number of aromatic hydroxyl groups is 1. The maximum Gasteiger partial charge on any atom is 0.340 e. The number of anilines is 1. The Labute approximate surface area is 272 Å². The van der Waals surface area contributed by atoms with Crippen LogP contribution in [0.5, 0.6) is 23.0 Å². The highest BCUT2D eigenvalue weighted by atomic mass is 16.6. The predicted octanol–water partition coefficient (Wildman–Crippen LogP) is 7.24. The first kappa shape index (κ1) is 30.0. The molecule has 0 amide bonds. The fourth-order valence-electron chi connectivity index (χ4n) is 5.79. The van der Waals surface area contributed by atoms with Gasteiger partial charge >= 0.3 is 17.9 Å². The minimum atomic E-state index is -1.52. The van der Waals surface area contributed by atoms with Crippen LogP contribution >= 0.6 is 0 Å². The lowest BCUT2D eigenvalue weighted by molar-refractivity contribution is 0.0224. The van der Waals surface area contributed by atoms with Gasteiger partial charge in [-0.1, -0.05) is 12.1 Å². The van der Waals surface area contributed by atoms with Crippen LogP contribution in [0.25, 0.3) is 0 Å². The molecule has 0 radical (unpaired) electrons. The molecule has 5 aromatic rings. The molecule has 48 heavy (non-hydrogen) atoms. The summed E-state index contributed by atoms with van der Waals surface area (Å²) in [6.07, 6.45) is 0. The summed E-state index contributed by atoms with van der Waals surface area (Å²) in [6.45, 7) is 0.133. The number of esters is 1. The van der Waals surface area contributed by atoms with Gasteiger partial charge in [-0.15, -0.1) is 5.11 Å². The molecule has 12 heteroatoms. The summed E-state index contributed by atoms with van der Waals surface area (Å²) in [4.78, 5) is 38.3. The summed E-state index contributed by atoms with van der Waals surface area (Å²) in [5.41, 5.74) is 1.60. The molecular weight excluding hydrogens is 618 g/mol. The van der Waals surface area contributed by atoms with E-state index in [4.69, 9.17) is 14.2 Å². The van der Waals surface area contributed by atoms with Gasteiger partial charge in [0.25, 0.3) is 0 Å². The van der Waals surface area contributed by atoms with E-state index in [1.807, 2.05) is 24.1 Å². The zero-order chi connectivity index (χ0) is 33.6. The number of hydrogen-bond acceptors (Lipinski definition) is 10. The zero-order valence-corrected chi connectivity index (χ0v) is 25.2. The molecule has 1 atom stereocenters. The van der Waals surface area contributed by atoms with E-state index in [1.54, 1.807) is 54.6 Å². The van der Waals surface area contributed by atoms with E-state index in [0.29, 0.717) is 33.9 Å². The molecule has 2 heterocycles. The van der Waals surface area contributed by atoms with Crippen LogP contribution in [0.3, 0.4) is 0 Å². The summed E-state index contributed by atoms with van der Waals surface area (Å²) >= 11 is 0. The van der Waals surface area contributed by atoms with Gasteiger partial charge in [0.15, 0.2) is 12.3 Å². The molecule has 0 bridgehead atoms. The minimum absolute atomic E-state index is 0.0117. The van der Waals surface area contributed by atoms with Crippen molar-refractivity contribution in [3.8, 4) is 23.0 Å². The number of carbonyl (C=O) groups is 3. The van der Waals surface area contributed by atoms with Crippen molar-refractivity contribution < 1.29 is 43.9 Å². The quantitative estimate of drug-likeness (QED) is 0.0890. The van der Waals surface area contributed by atoms with E-state index in [-0.39, 0.29) is 40.6 Å². The van der Waals surface area contributed by atoms with Gasteiger partial charge in [-0.05, 0) is 78.9 Å². The molecule has 7 rings (SSSR count). The molecule has 2 aliphatic heterocycles. The van der Waals surface area contributed by atoms with Gasteiger partial charge in [-0.2, -0.15) is 5.11 Å². The molecule has 3 N–H and O–H groups in total. The lowest BCUT2D eigenvalue weighted by atomic mass is 9.77. The van der Waals surface area contributed by atoms with Gasteiger partial charge in [0.05, 0.1) is 22.4 Å². The van der Waals surface area contributed by atoms with Crippen LogP contribution < -0.4 is 14.4 Å². The lowest BCUT2D eigenvalue weighted by Crippen LogP contribution is -2.33. The van der Waals surface area contributed by atoms with Crippen LogP contribution in [0.4, 0.5) is 17.1 Å². The third kappa shape index (κ3) is 5.10. The Morgan fingerprint density at radius 2 is 1.54 bits per heavy atom. The number of fused-ring (bicyclic) bond motifs is 6. The van der Waals surface area contributed by atoms with Crippen molar-refractivity contribution in [3.05, 3.63) is 137 Å². The number of nitrogens with zero attached hydrogens (tertiary/aromatic N) is 3. The van der Waals surface area contributed by atoms with Crippen LogP contribution in [0.1, 0.15) is 47.8 Å². The topological polar surface area (TPSA) is 168 Å². The maximum absolute atomic E-state index is 13.1. The number of hydrogen-bond donors (Lipinski definition) is 3. The molecule has 1 unspecified atom stereocenters. The van der Waals surface area contributed by atoms with Crippen molar-refractivity contribution in [1.82, 2.24) is 0 Å². The van der Waals surface area contributed by atoms with E-state index in [0.717, 1.165) is 5.69 Å². The van der Waals surface area contributed by atoms with E-state index in [9.17, 15) is 29.7 Å². The molecule has 0 saturated carbocycles. The number of benzene rings is 5. The van der Waals surface area contributed by atoms with Crippen LogP contribution in [-0.2, 0) is 10.3 Å². The van der Waals surface area contributed by atoms with Crippen molar-refractivity contribution >= 4 is 35.0 Å². The SMILES string of the molecule is CN(COc1ccc2c(c1)Oc1cc(O)ccc1C21OC(=O)c2ccc(C(=O)O)cc21)c1ccc(/N=N/c2ccccc2C(=O)O)cc1. The Bertz CT molecular complexity index is 2160. The fraction of sp³-hybridized carbons (Fsp3) is 0.0833. The summed E-state index contributed by atoms with van der Waals surface area (Å²) in [5.74, 6) is -1.95. The van der Waals surface area contributed by atoms with Gasteiger partial charge in [0.2, 0.25) is 0 Å². The molecule has 12 nitrogen and oxygen atoms in total. The average molecular weight is 644 g/mol. The number of carboxylic acids is 2. The Kier molecular flexibility index (Phi) is 7.24. The number of azo groups is 1. The Morgan fingerprint density at radius 1 is 0.812 bits per heavy atom. The normalized spacial score (nSPS) is 15.6. The van der Waals surface area contributed by atoms with Crippen molar-refractivity contribution in [2.24, 2.45) is 10.2 Å². The summed E-state index contributed by atoms with van der Waals surface area (Å²) in [6, 6.07) is 27.2. The van der Waals surface area contributed by atoms with E-state index in [1.165, 1.54) is 36.4 Å². The minimum Gasteiger partial charge on any atom is -0.508 e. The Hall–Kier alpha value is -6.69. The lowest BCUT2D eigenvalue weighted by Gasteiger charge is -2.36. The Balaban J connectivity index is 1.13. The monoisotopic (exact) mass is 643 g/mol. The zero-order valence-electron chi connectivity index (χ0n) is 25.2. The third-order valence-corrected chi connectivity index (χ3v) is 8.13. The summed E-state index contributed by atoms with van der Waals surface area (Å²) < 4.78 is 18.3. The van der Waals surface area contributed by atoms with Crippen molar-refractivity contribution in [1.29, 1.82) is 0 Å². The second-order valence-corrected chi connectivity index (χ2v) is 11.1. The number of phenolic OH excluding ortho intramolecular Hbond substituents is 1. The highest BCUT2D eigenvalue weighted by Gasteiger charge is 2.54. The van der Waals surface area contributed by atoms with E-state index >= 15 is 0 Å². The van der Waals surface area contributed by atoms with Crippen molar-refractivity contribution in [2.75, 3.05) is 18.7 Å². The van der Waals surface area contributed by atoms with Crippen LogP contribution in [0.15, 0.2) is 113 Å². The van der Waals surface area contributed by atoms with Gasteiger partial charge < -0.3 is 34.4 Å². The second kappa shape index (κ2) is 11.6. The molecule has 1 spiro atoms. The van der Waals surface area contributed by atoms with Gasteiger partial charge in [0.1, 0.15) is 28.7 Å². The first-order valence-corrected chi connectivity index (χ1v) is 14.6. The van der Waals surface area contributed by atoms with E-state index < -0.39 is 23.5 Å². The van der Waals surface area contributed by atoms with Gasteiger partial charge in [-0.3, -0.25) is 0 Å². The molecule has 238 valence electrons. The Morgan fingerprint density at radius 3 is 2.29 bits per heavy atom. The molecule has 0 fully saturated rings. The number of ether oxygens (including phenoxy) is 3. The third-order valence-electron chi connectivity index (χ3n) is 8.13. The first-order chi connectivity index (χ1) is 23.1. The summed E-state index contributed by atoms with van der Waals surface area (Å²) in [7, 11) is 1.83. The maximum atomic E-state index is 13.1. The molecule has 5 aromatic carbocycles. The van der Waals surface area contributed by atoms with Crippen LogP contribution in [0, 0.1) is 0 Å². The van der Waals surface area contributed by atoms with Crippen molar-refractivity contribution in [2.45, 2.75) is 5.60 Å². The smallest absolute Gasteiger partial charge is 0.340 e.